The van der Waals surface area contributed by atoms with Gasteiger partial charge in [-0.15, -0.1) is 0 Å². The van der Waals surface area contributed by atoms with E-state index in [-0.39, 0.29) is 6.04 Å². The van der Waals surface area contributed by atoms with Gasteiger partial charge in [0.1, 0.15) is 17.9 Å². The maximum Gasteiger partial charge on any atom is 0.163 e. The second-order valence-electron chi connectivity index (χ2n) is 4.11. The minimum atomic E-state index is 0.0401. The Hall–Kier alpha value is -2.37. The predicted molar refractivity (Wildman–Crippen MR) is 67.0 cm³/mol. The number of aromatic nitrogens is 4. The van der Waals surface area contributed by atoms with E-state index in [9.17, 15) is 0 Å². The van der Waals surface area contributed by atoms with Crippen LogP contribution >= 0.6 is 0 Å². The fourth-order valence-electron chi connectivity index (χ4n) is 1.89. The van der Waals surface area contributed by atoms with Crippen molar-refractivity contribution in [1.82, 2.24) is 19.7 Å². The third kappa shape index (κ3) is 1.71. The van der Waals surface area contributed by atoms with Crippen LogP contribution in [-0.2, 0) is 7.05 Å². The van der Waals surface area contributed by atoms with E-state index in [1.54, 1.807) is 17.1 Å². The molecule has 0 aliphatic rings. The molecule has 0 aromatic carbocycles. The van der Waals surface area contributed by atoms with Crippen LogP contribution in [0.4, 0.5) is 5.82 Å². The van der Waals surface area contributed by atoms with Crippen molar-refractivity contribution in [2.24, 2.45) is 7.05 Å². The Labute approximate surface area is 104 Å². The van der Waals surface area contributed by atoms with Gasteiger partial charge in [-0.1, -0.05) is 0 Å². The summed E-state index contributed by atoms with van der Waals surface area (Å²) in [5, 5.41) is 8.38. The smallest absolute Gasteiger partial charge is 0.163 e. The summed E-state index contributed by atoms with van der Waals surface area (Å²) < 4.78 is 7.08. The van der Waals surface area contributed by atoms with E-state index < -0.39 is 0 Å². The summed E-state index contributed by atoms with van der Waals surface area (Å²) >= 11 is 0. The SMILES string of the molecule is C[C@H](Nc1ncnc2c1cnn2C)c1ccco1. The van der Waals surface area contributed by atoms with Crippen molar-refractivity contribution >= 4 is 16.9 Å². The Balaban J connectivity index is 1.95. The van der Waals surface area contributed by atoms with E-state index in [1.807, 2.05) is 26.1 Å². The molecule has 0 radical (unpaired) electrons. The molecule has 3 rings (SSSR count). The van der Waals surface area contributed by atoms with Gasteiger partial charge in [-0.2, -0.15) is 5.10 Å². The van der Waals surface area contributed by atoms with Crippen LogP contribution in [0.3, 0.4) is 0 Å². The number of fused-ring (bicyclic) bond motifs is 1. The lowest BCUT2D eigenvalue weighted by Gasteiger charge is -2.12. The zero-order valence-corrected chi connectivity index (χ0v) is 10.2. The third-order valence-corrected chi connectivity index (χ3v) is 2.85. The van der Waals surface area contributed by atoms with Crippen LogP contribution in [0.15, 0.2) is 35.3 Å². The Bertz CT molecular complexity index is 658. The van der Waals surface area contributed by atoms with E-state index in [0.29, 0.717) is 0 Å². The number of furan rings is 1. The molecular formula is C12H13N5O. The summed E-state index contributed by atoms with van der Waals surface area (Å²) in [4.78, 5) is 8.45. The topological polar surface area (TPSA) is 68.8 Å². The summed E-state index contributed by atoms with van der Waals surface area (Å²) in [6, 6.07) is 3.84. The summed E-state index contributed by atoms with van der Waals surface area (Å²) in [5.41, 5.74) is 0.805. The standard InChI is InChI=1S/C12H13N5O/c1-8(10-4-3-5-18-10)16-11-9-6-15-17(2)12(9)14-7-13-11/h3-8H,1-2H3,(H,13,14,16)/t8-/m0/s1. The lowest BCUT2D eigenvalue weighted by Crippen LogP contribution is -2.07. The molecule has 92 valence electrons. The van der Waals surface area contributed by atoms with Crippen LogP contribution in [0, 0.1) is 0 Å². The maximum atomic E-state index is 5.36. The quantitative estimate of drug-likeness (QED) is 0.763. The molecule has 0 saturated heterocycles. The third-order valence-electron chi connectivity index (χ3n) is 2.85. The molecule has 1 N–H and O–H groups in total. The van der Waals surface area contributed by atoms with Gasteiger partial charge in [0.25, 0.3) is 0 Å². The van der Waals surface area contributed by atoms with Crippen molar-refractivity contribution in [3.8, 4) is 0 Å². The van der Waals surface area contributed by atoms with Crippen molar-refractivity contribution in [3.63, 3.8) is 0 Å². The summed E-state index contributed by atoms with van der Waals surface area (Å²) in [6.45, 7) is 2.02. The predicted octanol–water partition coefficient (Wildman–Crippen LogP) is 2.13. The highest BCUT2D eigenvalue weighted by Crippen LogP contribution is 2.23. The number of anilines is 1. The van der Waals surface area contributed by atoms with Crippen LogP contribution in [-0.4, -0.2) is 19.7 Å². The molecular weight excluding hydrogens is 230 g/mol. The van der Waals surface area contributed by atoms with Crippen LogP contribution < -0.4 is 5.32 Å². The lowest BCUT2D eigenvalue weighted by atomic mass is 10.2. The van der Waals surface area contributed by atoms with Crippen molar-refractivity contribution in [2.45, 2.75) is 13.0 Å². The molecule has 0 aliphatic carbocycles. The molecule has 3 aromatic heterocycles. The zero-order valence-electron chi connectivity index (χ0n) is 10.2. The minimum absolute atomic E-state index is 0.0401. The van der Waals surface area contributed by atoms with Crippen molar-refractivity contribution in [2.75, 3.05) is 5.32 Å². The first-order chi connectivity index (χ1) is 8.75. The molecule has 0 aliphatic heterocycles. The number of hydrogen-bond acceptors (Lipinski definition) is 5. The van der Waals surface area contributed by atoms with Gasteiger partial charge in [0.2, 0.25) is 0 Å². The van der Waals surface area contributed by atoms with E-state index >= 15 is 0 Å². The zero-order chi connectivity index (χ0) is 12.5. The largest absolute Gasteiger partial charge is 0.467 e. The molecule has 3 heterocycles. The maximum absolute atomic E-state index is 5.36. The van der Waals surface area contributed by atoms with Crippen molar-refractivity contribution < 1.29 is 4.42 Å². The molecule has 0 spiro atoms. The number of aryl methyl sites for hydroxylation is 1. The molecule has 6 nitrogen and oxygen atoms in total. The molecule has 0 unspecified atom stereocenters. The van der Waals surface area contributed by atoms with Crippen LogP contribution in [0.25, 0.3) is 11.0 Å². The number of nitrogens with one attached hydrogen (secondary N) is 1. The van der Waals surface area contributed by atoms with Crippen LogP contribution in [0.2, 0.25) is 0 Å². The Kier molecular flexibility index (Phi) is 2.47. The fourth-order valence-corrected chi connectivity index (χ4v) is 1.89. The molecule has 0 fully saturated rings. The second-order valence-corrected chi connectivity index (χ2v) is 4.11. The lowest BCUT2D eigenvalue weighted by molar-refractivity contribution is 0.490. The molecule has 18 heavy (non-hydrogen) atoms. The van der Waals surface area contributed by atoms with Crippen molar-refractivity contribution in [1.29, 1.82) is 0 Å². The monoisotopic (exact) mass is 243 g/mol. The Morgan fingerprint density at radius 2 is 2.28 bits per heavy atom. The first kappa shape index (κ1) is 10.8. The number of nitrogens with zero attached hydrogens (tertiary/aromatic N) is 4. The van der Waals surface area contributed by atoms with E-state index in [1.165, 1.54) is 6.33 Å². The molecule has 3 aromatic rings. The van der Waals surface area contributed by atoms with E-state index in [0.717, 1.165) is 22.6 Å². The van der Waals surface area contributed by atoms with Gasteiger partial charge in [-0.05, 0) is 19.1 Å². The molecule has 0 amide bonds. The number of hydrogen-bond donors (Lipinski definition) is 1. The Morgan fingerprint density at radius 3 is 3.06 bits per heavy atom. The molecule has 1 atom stereocenters. The average Bonchev–Trinajstić information content (AvgIpc) is 3.00. The van der Waals surface area contributed by atoms with Gasteiger partial charge in [0.05, 0.1) is 23.9 Å². The Morgan fingerprint density at radius 1 is 1.39 bits per heavy atom. The van der Waals surface area contributed by atoms with Gasteiger partial charge in [0, 0.05) is 7.05 Å². The first-order valence-corrected chi connectivity index (χ1v) is 5.68. The van der Waals surface area contributed by atoms with Crippen molar-refractivity contribution in [3.05, 3.63) is 36.7 Å². The summed E-state index contributed by atoms with van der Waals surface area (Å²) in [7, 11) is 1.86. The first-order valence-electron chi connectivity index (χ1n) is 5.68. The van der Waals surface area contributed by atoms with Gasteiger partial charge in [0.15, 0.2) is 5.65 Å². The molecule has 6 heteroatoms. The van der Waals surface area contributed by atoms with E-state index in [4.69, 9.17) is 4.42 Å². The van der Waals surface area contributed by atoms with Gasteiger partial charge in [-0.3, -0.25) is 4.68 Å². The van der Waals surface area contributed by atoms with Gasteiger partial charge < -0.3 is 9.73 Å². The highest BCUT2D eigenvalue weighted by molar-refractivity contribution is 5.86. The highest BCUT2D eigenvalue weighted by Gasteiger charge is 2.12. The minimum Gasteiger partial charge on any atom is -0.467 e. The fraction of sp³-hybridized carbons (Fsp3) is 0.250. The van der Waals surface area contributed by atoms with Crippen LogP contribution in [0.5, 0.6) is 0 Å². The molecule has 0 saturated carbocycles. The highest BCUT2D eigenvalue weighted by atomic mass is 16.3. The summed E-state index contributed by atoms with van der Waals surface area (Å²) in [5.74, 6) is 1.63. The van der Waals surface area contributed by atoms with Gasteiger partial charge >= 0.3 is 0 Å². The second kappa shape index (κ2) is 4.14. The number of rotatable bonds is 3. The molecule has 0 bridgehead atoms. The average molecular weight is 243 g/mol. The van der Waals surface area contributed by atoms with Crippen LogP contribution in [0.1, 0.15) is 18.7 Å². The summed E-state index contributed by atoms with van der Waals surface area (Å²) in [6.07, 6.45) is 4.95. The normalized spacial score (nSPS) is 12.8. The van der Waals surface area contributed by atoms with E-state index in [2.05, 4.69) is 20.4 Å². The van der Waals surface area contributed by atoms with Gasteiger partial charge in [-0.25, -0.2) is 9.97 Å².